The molecule has 104 valence electrons. The van der Waals surface area contributed by atoms with Gasteiger partial charge in [0.1, 0.15) is 0 Å². The molecule has 1 amide bonds. The van der Waals surface area contributed by atoms with Crippen LogP contribution >= 0.6 is 0 Å². The quantitative estimate of drug-likeness (QED) is 0.494. The highest BCUT2D eigenvalue weighted by molar-refractivity contribution is 5.79. The Morgan fingerprint density at radius 3 is 0.941 bits per heavy atom. The van der Waals surface area contributed by atoms with Crippen LogP contribution in [0.5, 0.6) is 0 Å². The topological polar surface area (TPSA) is 20.3 Å². The third-order valence-electron chi connectivity index (χ3n) is 0.717. The first kappa shape index (κ1) is 18.1. The van der Waals surface area contributed by atoms with Crippen LogP contribution in [0.15, 0.2) is 0 Å². The summed E-state index contributed by atoms with van der Waals surface area (Å²) in [4.78, 5) is 9.22. The SMILES string of the molecule is FC(F)(F)C(F)(F)F.O=C(N(F)F)C(F)(F)F. The molecule has 2 nitrogen and oxygen atoms in total. The van der Waals surface area contributed by atoms with Gasteiger partial charge in [-0.15, -0.1) is 0 Å². The van der Waals surface area contributed by atoms with Crippen LogP contribution in [0.2, 0.25) is 0 Å². The number of nitrogens with zero attached hydrogens (tertiary/aromatic N) is 1. The van der Waals surface area contributed by atoms with E-state index in [2.05, 4.69) is 0 Å². The van der Waals surface area contributed by atoms with Crippen molar-refractivity contribution in [1.29, 1.82) is 0 Å². The monoisotopic (exact) mass is 287 g/mol. The van der Waals surface area contributed by atoms with E-state index in [-0.39, 0.29) is 0 Å². The average Bonchev–Trinajstić information content (AvgIpc) is 1.98. The first-order valence-electron chi connectivity index (χ1n) is 2.97. The van der Waals surface area contributed by atoms with E-state index in [4.69, 9.17) is 0 Å². The minimum absolute atomic E-state index is 2.51. The molecule has 0 atom stereocenters. The van der Waals surface area contributed by atoms with Gasteiger partial charge in [0.25, 0.3) is 0 Å². The Morgan fingerprint density at radius 2 is 0.941 bits per heavy atom. The molecule has 0 aliphatic carbocycles. The van der Waals surface area contributed by atoms with E-state index in [1.807, 2.05) is 0 Å². The number of amides is 1. The summed E-state index contributed by atoms with van der Waals surface area (Å²) in [5.41, 5.74) is 0. The lowest BCUT2D eigenvalue weighted by Crippen LogP contribution is -2.31. The molecule has 13 heteroatoms. The molecule has 0 saturated heterocycles. The molecule has 0 heterocycles. The van der Waals surface area contributed by atoms with Crippen molar-refractivity contribution >= 4 is 5.91 Å². The molecule has 0 spiro atoms. The van der Waals surface area contributed by atoms with Crippen molar-refractivity contribution < 1.29 is 53.3 Å². The molecule has 0 bridgehead atoms. The van der Waals surface area contributed by atoms with Crippen LogP contribution < -0.4 is 0 Å². The fourth-order valence-electron chi connectivity index (χ4n) is 0.0958. The van der Waals surface area contributed by atoms with Gasteiger partial charge in [-0.2, -0.15) is 39.5 Å². The van der Waals surface area contributed by atoms with Gasteiger partial charge in [0.05, 0.1) is 0 Å². The molecule has 0 N–H and O–H groups in total. The Bertz CT molecular complexity index is 234. The lowest BCUT2D eigenvalue weighted by Gasteiger charge is -2.08. The van der Waals surface area contributed by atoms with Crippen molar-refractivity contribution in [1.82, 2.24) is 5.34 Å². The Labute approximate surface area is 84.5 Å². The summed E-state index contributed by atoms with van der Waals surface area (Å²) in [6, 6.07) is 0. The van der Waals surface area contributed by atoms with Crippen LogP contribution in [0.3, 0.4) is 0 Å². The fourth-order valence-corrected chi connectivity index (χ4v) is 0.0958. The summed E-state index contributed by atoms with van der Waals surface area (Å²) in [5.74, 6) is -3.16. The molecule has 0 aromatic rings. The van der Waals surface area contributed by atoms with Gasteiger partial charge in [-0.3, -0.25) is 4.79 Å². The Balaban J connectivity index is 0. The third-order valence-corrected chi connectivity index (χ3v) is 0.717. The van der Waals surface area contributed by atoms with E-state index in [9.17, 15) is 53.3 Å². The smallest absolute Gasteiger partial charge is 0.259 e. The van der Waals surface area contributed by atoms with Gasteiger partial charge in [-0.25, -0.2) is 0 Å². The average molecular weight is 287 g/mol. The van der Waals surface area contributed by atoms with Crippen LogP contribution in [0.25, 0.3) is 0 Å². The van der Waals surface area contributed by atoms with Gasteiger partial charge in [-0.05, 0) is 0 Å². The maximum absolute atomic E-state index is 10.8. The molecular formula is C4F11NO. The van der Waals surface area contributed by atoms with E-state index < -0.39 is 29.8 Å². The number of hydrogen-bond acceptors (Lipinski definition) is 1. The molecule has 17 heavy (non-hydrogen) atoms. The minimum atomic E-state index is -6.06. The normalized spacial score (nSPS) is 12.6. The van der Waals surface area contributed by atoms with Gasteiger partial charge in [0.2, 0.25) is 0 Å². The number of rotatable bonds is 0. The van der Waals surface area contributed by atoms with Gasteiger partial charge in [0, 0.05) is 5.34 Å². The van der Waals surface area contributed by atoms with Crippen LogP contribution in [-0.2, 0) is 4.79 Å². The van der Waals surface area contributed by atoms with E-state index in [1.165, 1.54) is 0 Å². The number of halogens is 11. The van der Waals surface area contributed by atoms with Crippen molar-refractivity contribution in [2.45, 2.75) is 18.5 Å². The molecular weight excluding hydrogens is 287 g/mol. The van der Waals surface area contributed by atoms with Gasteiger partial charge in [-0.1, -0.05) is 8.96 Å². The predicted octanol–water partition coefficient (Wildman–Crippen LogP) is 3.26. The van der Waals surface area contributed by atoms with Gasteiger partial charge < -0.3 is 0 Å². The zero-order chi connectivity index (χ0) is 14.7. The van der Waals surface area contributed by atoms with Crippen molar-refractivity contribution in [2.75, 3.05) is 0 Å². The summed E-state index contributed by atoms with van der Waals surface area (Å²) < 4.78 is 116. The molecule has 0 fully saturated rings. The Kier molecular flexibility index (Phi) is 5.69. The van der Waals surface area contributed by atoms with Gasteiger partial charge >= 0.3 is 24.4 Å². The summed E-state index contributed by atoms with van der Waals surface area (Å²) in [6.07, 6.45) is -17.6. The minimum Gasteiger partial charge on any atom is -0.259 e. The van der Waals surface area contributed by atoms with E-state index in [1.54, 1.807) is 0 Å². The molecule has 0 rings (SSSR count). The molecule has 0 unspecified atom stereocenters. The molecule has 0 aromatic heterocycles. The maximum atomic E-state index is 10.8. The predicted molar refractivity (Wildman–Crippen MR) is 27.2 cm³/mol. The maximum Gasteiger partial charge on any atom is 0.487 e. The summed E-state index contributed by atoms with van der Waals surface area (Å²) in [5, 5.41) is -2.51. The van der Waals surface area contributed by atoms with Crippen molar-refractivity contribution in [2.24, 2.45) is 0 Å². The molecule has 0 aliphatic rings. The second-order valence-electron chi connectivity index (χ2n) is 2.03. The lowest BCUT2D eigenvalue weighted by molar-refractivity contribution is -0.339. The zero-order valence-electron chi connectivity index (χ0n) is 7.01. The second-order valence-corrected chi connectivity index (χ2v) is 2.03. The third kappa shape index (κ3) is 7.57. The van der Waals surface area contributed by atoms with Crippen molar-refractivity contribution in [3.05, 3.63) is 0 Å². The van der Waals surface area contributed by atoms with Crippen LogP contribution in [0, 0.1) is 0 Å². The largest absolute Gasteiger partial charge is 0.487 e. The zero-order valence-corrected chi connectivity index (χ0v) is 7.01. The summed E-state index contributed by atoms with van der Waals surface area (Å²) in [6.45, 7) is 0. The molecule has 0 radical (unpaired) electrons. The fraction of sp³-hybridized carbons (Fsp3) is 0.750. The Morgan fingerprint density at radius 1 is 0.706 bits per heavy atom. The van der Waals surface area contributed by atoms with Crippen molar-refractivity contribution in [3.8, 4) is 0 Å². The van der Waals surface area contributed by atoms with E-state index in [0.29, 0.717) is 0 Å². The van der Waals surface area contributed by atoms with Gasteiger partial charge in [0.15, 0.2) is 0 Å². The highest BCUT2D eigenvalue weighted by Crippen LogP contribution is 2.35. The summed E-state index contributed by atoms with van der Waals surface area (Å²) in [7, 11) is 0. The highest BCUT2D eigenvalue weighted by atomic mass is 19.5. The second kappa shape index (κ2) is 5.35. The molecule has 0 aromatic carbocycles. The standard InChI is InChI=1S/C2F6.C2F5NO/c3-1(4,5)2(6,7)8;3-2(4,5)1(9)8(6)7. The number of alkyl halides is 9. The number of carbonyl (C=O) groups is 1. The number of carbonyl (C=O) groups excluding carboxylic acids is 1. The van der Waals surface area contributed by atoms with Crippen LogP contribution in [0.1, 0.15) is 0 Å². The first-order valence-corrected chi connectivity index (χ1v) is 2.97. The lowest BCUT2D eigenvalue weighted by atomic mass is 10.6. The van der Waals surface area contributed by atoms with Crippen molar-refractivity contribution in [3.63, 3.8) is 0 Å². The highest BCUT2D eigenvalue weighted by Gasteiger charge is 2.58. The number of hydrogen-bond donors (Lipinski definition) is 0. The van der Waals surface area contributed by atoms with Crippen LogP contribution in [0.4, 0.5) is 48.5 Å². The van der Waals surface area contributed by atoms with E-state index >= 15 is 0 Å². The molecule has 0 aliphatic heterocycles. The van der Waals surface area contributed by atoms with E-state index in [0.717, 1.165) is 0 Å². The van der Waals surface area contributed by atoms with Crippen LogP contribution in [-0.4, -0.2) is 29.8 Å². The Hall–Kier alpha value is -1.30. The molecule has 0 saturated carbocycles. The first-order chi connectivity index (χ1) is 7.10. The summed E-state index contributed by atoms with van der Waals surface area (Å²) >= 11 is 0.